The molecule has 0 aromatic carbocycles. The molecule has 0 bridgehead atoms. The summed E-state index contributed by atoms with van der Waals surface area (Å²) in [6.45, 7) is 1.76. The van der Waals surface area contributed by atoms with Gasteiger partial charge >= 0.3 is 5.97 Å². The lowest BCUT2D eigenvalue weighted by atomic mass is 10.0. The number of methoxy groups -OCH3 is 1. The van der Waals surface area contributed by atoms with Crippen LogP contribution in [0.15, 0.2) is 11.3 Å². The quantitative estimate of drug-likeness (QED) is 0.516. The zero-order chi connectivity index (χ0) is 11.1. The second-order valence-electron chi connectivity index (χ2n) is 2.87. The highest BCUT2D eigenvalue weighted by Gasteiger charge is 2.20. The van der Waals surface area contributed by atoms with E-state index >= 15 is 0 Å². The SMILES string of the molecule is CN/C(C)=C(/CCO)C(N)C(=O)OC. The molecule has 0 aliphatic carbocycles. The highest BCUT2D eigenvalue weighted by Crippen LogP contribution is 2.10. The van der Waals surface area contributed by atoms with E-state index < -0.39 is 12.0 Å². The third-order valence-corrected chi connectivity index (χ3v) is 2.07. The number of hydrogen-bond acceptors (Lipinski definition) is 5. The molecule has 0 aliphatic rings. The van der Waals surface area contributed by atoms with Gasteiger partial charge in [0.05, 0.1) is 7.11 Å². The van der Waals surface area contributed by atoms with Gasteiger partial charge in [0.2, 0.25) is 0 Å². The van der Waals surface area contributed by atoms with Crippen LogP contribution in [0.4, 0.5) is 0 Å². The topological polar surface area (TPSA) is 84.6 Å². The molecule has 0 aromatic heterocycles. The van der Waals surface area contributed by atoms with E-state index in [2.05, 4.69) is 10.1 Å². The predicted octanol–water partition coefficient (Wildman–Crippen LogP) is -0.637. The van der Waals surface area contributed by atoms with Crippen LogP contribution in [0.5, 0.6) is 0 Å². The fourth-order valence-corrected chi connectivity index (χ4v) is 1.13. The van der Waals surface area contributed by atoms with Crippen molar-refractivity contribution in [3.05, 3.63) is 11.3 Å². The Balaban J connectivity index is 4.74. The van der Waals surface area contributed by atoms with Gasteiger partial charge in [0.1, 0.15) is 6.04 Å². The Morgan fingerprint density at radius 1 is 1.64 bits per heavy atom. The van der Waals surface area contributed by atoms with Crippen LogP contribution < -0.4 is 11.1 Å². The van der Waals surface area contributed by atoms with Crippen molar-refractivity contribution >= 4 is 5.97 Å². The minimum Gasteiger partial charge on any atom is -0.468 e. The van der Waals surface area contributed by atoms with Crippen molar-refractivity contribution in [2.75, 3.05) is 20.8 Å². The first-order valence-electron chi connectivity index (χ1n) is 4.40. The van der Waals surface area contributed by atoms with E-state index in [1.165, 1.54) is 7.11 Å². The maximum Gasteiger partial charge on any atom is 0.327 e. The highest BCUT2D eigenvalue weighted by molar-refractivity contribution is 5.79. The van der Waals surface area contributed by atoms with Crippen LogP contribution in [0.25, 0.3) is 0 Å². The van der Waals surface area contributed by atoms with Crippen LogP contribution in [-0.2, 0) is 9.53 Å². The lowest BCUT2D eigenvalue weighted by Crippen LogP contribution is -2.35. The molecule has 0 aliphatic heterocycles. The number of ether oxygens (including phenoxy) is 1. The number of rotatable bonds is 5. The summed E-state index contributed by atoms with van der Waals surface area (Å²) in [5.41, 5.74) is 7.11. The van der Waals surface area contributed by atoms with Gasteiger partial charge in [0, 0.05) is 19.4 Å². The lowest BCUT2D eigenvalue weighted by molar-refractivity contribution is -0.141. The zero-order valence-electron chi connectivity index (χ0n) is 8.83. The Kier molecular flexibility index (Phi) is 5.91. The monoisotopic (exact) mass is 202 g/mol. The molecule has 0 saturated carbocycles. The van der Waals surface area contributed by atoms with Gasteiger partial charge in [-0.05, 0) is 18.9 Å². The molecule has 0 fully saturated rings. The van der Waals surface area contributed by atoms with E-state index in [1.54, 1.807) is 14.0 Å². The molecule has 0 amide bonds. The fraction of sp³-hybridized carbons (Fsp3) is 0.667. The molecule has 4 N–H and O–H groups in total. The molecule has 0 spiro atoms. The van der Waals surface area contributed by atoms with Crippen LogP contribution in [0, 0.1) is 0 Å². The average Bonchev–Trinajstić information content (AvgIpc) is 2.22. The minimum absolute atomic E-state index is 0.0426. The van der Waals surface area contributed by atoms with E-state index in [0.29, 0.717) is 12.0 Å². The van der Waals surface area contributed by atoms with E-state index in [4.69, 9.17) is 10.8 Å². The van der Waals surface area contributed by atoms with Crippen LogP contribution in [0.1, 0.15) is 13.3 Å². The number of allylic oxidation sites excluding steroid dienone is 1. The van der Waals surface area contributed by atoms with Gasteiger partial charge in [0.15, 0.2) is 0 Å². The van der Waals surface area contributed by atoms with Crippen molar-refractivity contribution in [3.8, 4) is 0 Å². The van der Waals surface area contributed by atoms with Gasteiger partial charge in [0.25, 0.3) is 0 Å². The Morgan fingerprint density at radius 3 is 2.57 bits per heavy atom. The van der Waals surface area contributed by atoms with Crippen LogP contribution in [0.3, 0.4) is 0 Å². The van der Waals surface area contributed by atoms with Crippen LogP contribution in [-0.4, -0.2) is 37.9 Å². The van der Waals surface area contributed by atoms with Crippen molar-refractivity contribution in [1.82, 2.24) is 5.32 Å². The third kappa shape index (κ3) is 3.35. The predicted molar refractivity (Wildman–Crippen MR) is 53.5 cm³/mol. The van der Waals surface area contributed by atoms with E-state index in [-0.39, 0.29) is 6.61 Å². The Labute approximate surface area is 83.9 Å². The number of nitrogens with one attached hydrogen (secondary N) is 1. The Bertz CT molecular complexity index is 226. The largest absolute Gasteiger partial charge is 0.468 e. The standard InChI is InChI=1S/C9H18N2O3/c1-6(11-2)7(4-5-12)8(10)9(13)14-3/h8,11-12H,4-5,10H2,1-3H3/b7-6-. The Hall–Kier alpha value is -1.07. The fourth-order valence-electron chi connectivity index (χ4n) is 1.13. The molecule has 0 rings (SSSR count). The van der Waals surface area contributed by atoms with Crippen LogP contribution in [0.2, 0.25) is 0 Å². The maximum absolute atomic E-state index is 11.2. The molecule has 14 heavy (non-hydrogen) atoms. The summed E-state index contributed by atoms with van der Waals surface area (Å²) in [5, 5.41) is 11.7. The Morgan fingerprint density at radius 2 is 2.21 bits per heavy atom. The van der Waals surface area contributed by atoms with Gasteiger partial charge in [-0.1, -0.05) is 0 Å². The minimum atomic E-state index is -0.806. The molecular weight excluding hydrogens is 184 g/mol. The molecule has 0 aromatic rings. The molecule has 82 valence electrons. The number of hydrogen-bond donors (Lipinski definition) is 3. The summed E-state index contributed by atoms with van der Waals surface area (Å²) in [7, 11) is 3.02. The number of carbonyl (C=O) groups is 1. The van der Waals surface area contributed by atoms with Gasteiger partial charge in [-0.15, -0.1) is 0 Å². The molecular formula is C9H18N2O3. The van der Waals surface area contributed by atoms with E-state index in [0.717, 1.165) is 5.70 Å². The van der Waals surface area contributed by atoms with Gasteiger partial charge in [-0.2, -0.15) is 0 Å². The van der Waals surface area contributed by atoms with Crippen molar-refractivity contribution in [2.24, 2.45) is 5.73 Å². The number of aliphatic hydroxyl groups excluding tert-OH is 1. The average molecular weight is 202 g/mol. The molecule has 0 saturated heterocycles. The second kappa shape index (κ2) is 6.39. The summed E-state index contributed by atoms with van der Waals surface area (Å²) in [6, 6.07) is -0.806. The number of aliphatic hydroxyl groups is 1. The lowest BCUT2D eigenvalue weighted by Gasteiger charge is -2.16. The van der Waals surface area contributed by atoms with E-state index in [1.807, 2.05) is 0 Å². The van der Waals surface area contributed by atoms with Gasteiger partial charge < -0.3 is 20.9 Å². The van der Waals surface area contributed by atoms with Gasteiger partial charge in [-0.3, -0.25) is 4.79 Å². The molecule has 1 atom stereocenters. The first kappa shape index (κ1) is 12.9. The normalized spacial score (nSPS) is 14.4. The number of carbonyl (C=O) groups excluding carboxylic acids is 1. The summed E-state index contributed by atoms with van der Waals surface area (Å²) in [5.74, 6) is -0.497. The summed E-state index contributed by atoms with van der Waals surface area (Å²) >= 11 is 0. The summed E-state index contributed by atoms with van der Waals surface area (Å²) < 4.78 is 4.53. The first-order valence-corrected chi connectivity index (χ1v) is 4.40. The van der Waals surface area contributed by atoms with Gasteiger partial charge in [-0.25, -0.2) is 0 Å². The number of nitrogens with two attached hydrogens (primary N) is 1. The number of esters is 1. The highest BCUT2D eigenvalue weighted by atomic mass is 16.5. The molecule has 5 heteroatoms. The molecule has 0 radical (unpaired) electrons. The van der Waals surface area contributed by atoms with Crippen molar-refractivity contribution in [2.45, 2.75) is 19.4 Å². The second-order valence-corrected chi connectivity index (χ2v) is 2.87. The zero-order valence-corrected chi connectivity index (χ0v) is 8.83. The van der Waals surface area contributed by atoms with Crippen LogP contribution >= 0.6 is 0 Å². The first-order chi connectivity index (χ1) is 6.58. The molecule has 5 nitrogen and oxygen atoms in total. The summed E-state index contributed by atoms with van der Waals surface area (Å²) in [6.07, 6.45) is 0.364. The third-order valence-electron chi connectivity index (χ3n) is 2.07. The van der Waals surface area contributed by atoms with Crippen molar-refractivity contribution < 1.29 is 14.6 Å². The van der Waals surface area contributed by atoms with Crippen molar-refractivity contribution in [1.29, 1.82) is 0 Å². The smallest absolute Gasteiger partial charge is 0.327 e. The van der Waals surface area contributed by atoms with Crippen molar-refractivity contribution in [3.63, 3.8) is 0 Å². The molecule has 0 heterocycles. The summed E-state index contributed by atoms with van der Waals surface area (Å²) in [4.78, 5) is 11.2. The molecule has 1 unspecified atom stereocenters. The maximum atomic E-state index is 11.2. The van der Waals surface area contributed by atoms with E-state index in [9.17, 15) is 4.79 Å².